The van der Waals surface area contributed by atoms with Gasteiger partial charge >= 0.3 is 24.1 Å². The molecule has 2 amide bonds. The van der Waals surface area contributed by atoms with Gasteiger partial charge in [0, 0.05) is 12.5 Å². The molecule has 3 atom stereocenters. The molecule has 0 aromatic carbocycles. The summed E-state index contributed by atoms with van der Waals surface area (Å²) in [5.41, 5.74) is 4.01. The number of anilines is 1. The molecule has 0 aliphatic heterocycles. The van der Waals surface area contributed by atoms with Crippen LogP contribution in [0.2, 0.25) is 0 Å². The third-order valence-electron chi connectivity index (χ3n) is 6.37. The highest BCUT2D eigenvalue weighted by molar-refractivity contribution is 5.82. The number of esters is 2. The number of amides is 2. The Hall–Kier alpha value is -4.37. The molecule has 0 saturated carbocycles. The fraction of sp³-hybridized carbons (Fsp3) is 0.700. The number of carbonyl (C=O) groups excluding carboxylic acids is 4. The highest BCUT2D eigenvalue weighted by Crippen LogP contribution is 2.16. The van der Waals surface area contributed by atoms with Crippen molar-refractivity contribution >= 4 is 41.2 Å². The quantitative estimate of drug-likeness (QED) is 0.181. The zero-order valence-electron chi connectivity index (χ0n) is 28.4. The Bertz CT molecular complexity index is 1420. The van der Waals surface area contributed by atoms with E-state index >= 15 is 0 Å². The Labute approximate surface area is 268 Å². The van der Waals surface area contributed by atoms with E-state index in [0.29, 0.717) is 0 Å². The van der Waals surface area contributed by atoms with Gasteiger partial charge in [0.25, 0.3) is 5.56 Å². The number of aromatic nitrogens is 4. The average Bonchev–Trinajstić information content (AvgIpc) is 3.28. The number of H-pyrrole nitrogens is 1. The predicted molar refractivity (Wildman–Crippen MR) is 169 cm³/mol. The number of aromatic amines is 1. The van der Waals surface area contributed by atoms with Crippen LogP contribution in [-0.2, 0) is 35.1 Å². The standard InChI is InChI=1S/C30H49N7O9/c1-16(2)19(33-27(41)45-29(5,6)7)24(39)43-12-11-18(13-37-15-32-21-22(37)35-26(31)36-23(21)38)14-44-25(40)20(17(3)4)34-28(42)46-30(8,9)10/h15-20H,11-14H2,1-10H3,(H,33,41)(H,34,42)(H3,31,35,36,38)/t18?,19-,20-/m0/s1. The maximum Gasteiger partial charge on any atom is 0.408 e. The van der Waals surface area contributed by atoms with Gasteiger partial charge in [0.05, 0.1) is 19.5 Å². The zero-order chi connectivity index (χ0) is 35.0. The SMILES string of the molecule is CC(C)[C@H](NC(=O)OC(C)(C)C)C(=O)OCCC(COC(=O)[C@@H](NC(=O)OC(C)(C)C)C(C)C)Cn1cnc2c(=O)[nH]c(N)nc21. The van der Waals surface area contributed by atoms with Crippen LogP contribution in [0.25, 0.3) is 11.2 Å². The van der Waals surface area contributed by atoms with Crippen LogP contribution in [0.4, 0.5) is 15.5 Å². The molecule has 16 heteroatoms. The minimum Gasteiger partial charge on any atom is -0.464 e. The first-order valence-electron chi connectivity index (χ1n) is 15.2. The van der Waals surface area contributed by atoms with E-state index in [2.05, 4.69) is 25.6 Å². The first kappa shape index (κ1) is 37.8. The molecular weight excluding hydrogens is 602 g/mol. The van der Waals surface area contributed by atoms with Gasteiger partial charge in [-0.2, -0.15) is 4.98 Å². The van der Waals surface area contributed by atoms with Crippen molar-refractivity contribution in [2.75, 3.05) is 18.9 Å². The van der Waals surface area contributed by atoms with Crippen molar-refractivity contribution in [3.05, 3.63) is 16.7 Å². The molecule has 2 aromatic heterocycles. The van der Waals surface area contributed by atoms with Crippen LogP contribution in [0.15, 0.2) is 11.1 Å². The van der Waals surface area contributed by atoms with E-state index in [1.807, 2.05) is 0 Å². The number of ether oxygens (including phenoxy) is 4. The van der Waals surface area contributed by atoms with Crippen molar-refractivity contribution in [2.24, 2.45) is 17.8 Å². The van der Waals surface area contributed by atoms with Gasteiger partial charge in [-0.1, -0.05) is 27.7 Å². The molecule has 258 valence electrons. The number of nitrogens with two attached hydrogens (primary N) is 1. The van der Waals surface area contributed by atoms with Gasteiger partial charge in [0.15, 0.2) is 11.2 Å². The molecule has 2 heterocycles. The fourth-order valence-electron chi connectivity index (χ4n) is 4.18. The molecule has 0 radical (unpaired) electrons. The molecule has 46 heavy (non-hydrogen) atoms. The molecule has 0 bridgehead atoms. The van der Waals surface area contributed by atoms with Crippen molar-refractivity contribution in [2.45, 2.75) is 105 Å². The molecule has 0 fully saturated rings. The second-order valence-corrected chi connectivity index (χ2v) is 13.7. The largest absolute Gasteiger partial charge is 0.464 e. The van der Waals surface area contributed by atoms with Crippen LogP contribution >= 0.6 is 0 Å². The van der Waals surface area contributed by atoms with Crippen LogP contribution in [0.5, 0.6) is 0 Å². The Morgan fingerprint density at radius 2 is 1.39 bits per heavy atom. The molecule has 5 N–H and O–H groups in total. The maximum atomic E-state index is 13.1. The van der Waals surface area contributed by atoms with Crippen molar-refractivity contribution < 1.29 is 38.1 Å². The van der Waals surface area contributed by atoms with E-state index < -0.39 is 58.9 Å². The van der Waals surface area contributed by atoms with Crippen molar-refractivity contribution in [1.29, 1.82) is 0 Å². The molecule has 0 spiro atoms. The van der Waals surface area contributed by atoms with E-state index in [-0.39, 0.29) is 55.1 Å². The van der Waals surface area contributed by atoms with Crippen LogP contribution in [-0.4, -0.2) is 80.1 Å². The van der Waals surface area contributed by atoms with Crippen LogP contribution in [0.3, 0.4) is 0 Å². The third kappa shape index (κ3) is 12.2. The Morgan fingerprint density at radius 3 is 1.87 bits per heavy atom. The zero-order valence-corrected chi connectivity index (χ0v) is 28.4. The molecule has 0 aliphatic rings. The monoisotopic (exact) mass is 651 g/mol. The van der Waals surface area contributed by atoms with Gasteiger partial charge in [-0.25, -0.2) is 24.2 Å². The highest BCUT2D eigenvalue weighted by Gasteiger charge is 2.31. The summed E-state index contributed by atoms with van der Waals surface area (Å²) in [6.45, 7) is 17.2. The van der Waals surface area contributed by atoms with Gasteiger partial charge in [-0.15, -0.1) is 0 Å². The number of hydrogen-bond donors (Lipinski definition) is 4. The van der Waals surface area contributed by atoms with Crippen LogP contribution < -0.4 is 21.9 Å². The number of rotatable bonds is 13. The Morgan fingerprint density at radius 1 is 0.891 bits per heavy atom. The minimum absolute atomic E-state index is 0.0748. The van der Waals surface area contributed by atoms with Gasteiger partial charge in [0.2, 0.25) is 5.95 Å². The number of carbonyl (C=O) groups is 4. The Kier molecular flexibility index (Phi) is 13.0. The molecule has 2 aromatic rings. The number of hydrogen-bond acceptors (Lipinski definition) is 12. The first-order chi connectivity index (χ1) is 21.2. The lowest BCUT2D eigenvalue weighted by atomic mass is 10.0. The average molecular weight is 652 g/mol. The van der Waals surface area contributed by atoms with Gasteiger partial charge in [-0.3, -0.25) is 9.78 Å². The molecular formula is C30H49N7O9. The summed E-state index contributed by atoms with van der Waals surface area (Å²) in [7, 11) is 0. The van der Waals surface area contributed by atoms with Gasteiger partial charge < -0.3 is 39.9 Å². The van der Waals surface area contributed by atoms with Crippen molar-refractivity contribution in [1.82, 2.24) is 30.2 Å². The Balaban J connectivity index is 2.19. The number of nitrogen functional groups attached to an aromatic ring is 1. The summed E-state index contributed by atoms with van der Waals surface area (Å²) < 4.78 is 23.3. The number of alkyl carbamates (subject to hydrolysis) is 2. The van der Waals surface area contributed by atoms with Gasteiger partial charge in [0.1, 0.15) is 23.3 Å². The molecule has 1 unspecified atom stereocenters. The second kappa shape index (κ2) is 15.8. The summed E-state index contributed by atoms with van der Waals surface area (Å²) >= 11 is 0. The van der Waals surface area contributed by atoms with Crippen molar-refractivity contribution in [3.63, 3.8) is 0 Å². The molecule has 0 aliphatic carbocycles. The van der Waals surface area contributed by atoms with Crippen LogP contribution in [0, 0.1) is 17.8 Å². The van der Waals surface area contributed by atoms with E-state index in [1.54, 1.807) is 73.8 Å². The fourth-order valence-corrected chi connectivity index (χ4v) is 4.18. The lowest BCUT2D eigenvalue weighted by molar-refractivity contribution is -0.151. The number of fused-ring (bicyclic) bond motifs is 1. The normalized spacial score (nSPS) is 14.0. The topological polar surface area (TPSA) is 219 Å². The first-order valence-corrected chi connectivity index (χ1v) is 15.2. The second-order valence-electron chi connectivity index (χ2n) is 13.7. The molecule has 16 nitrogen and oxygen atoms in total. The summed E-state index contributed by atoms with van der Waals surface area (Å²) in [5.74, 6) is -2.52. The minimum atomic E-state index is -0.992. The lowest BCUT2D eigenvalue weighted by Gasteiger charge is -2.26. The summed E-state index contributed by atoms with van der Waals surface area (Å²) in [5, 5.41) is 5.12. The van der Waals surface area contributed by atoms with Crippen LogP contribution in [0.1, 0.15) is 75.7 Å². The lowest BCUT2D eigenvalue weighted by Crippen LogP contribution is -2.47. The third-order valence-corrected chi connectivity index (χ3v) is 6.37. The number of nitrogens with zero attached hydrogens (tertiary/aromatic N) is 3. The molecule has 0 saturated heterocycles. The van der Waals surface area contributed by atoms with E-state index in [9.17, 15) is 24.0 Å². The summed E-state index contributed by atoms with van der Waals surface area (Å²) in [4.78, 5) is 73.7. The maximum absolute atomic E-state index is 13.1. The molecule has 2 rings (SSSR count). The summed E-state index contributed by atoms with van der Waals surface area (Å²) in [6.07, 6.45) is 0.111. The number of imidazole rings is 1. The number of nitrogens with one attached hydrogen (secondary N) is 3. The van der Waals surface area contributed by atoms with E-state index in [4.69, 9.17) is 24.7 Å². The summed E-state index contributed by atoms with van der Waals surface area (Å²) in [6, 6.07) is -1.96. The van der Waals surface area contributed by atoms with E-state index in [1.165, 1.54) is 6.33 Å². The highest BCUT2D eigenvalue weighted by atomic mass is 16.6. The van der Waals surface area contributed by atoms with Gasteiger partial charge in [-0.05, 0) is 59.8 Å². The van der Waals surface area contributed by atoms with E-state index in [0.717, 1.165) is 0 Å². The van der Waals surface area contributed by atoms with Crippen molar-refractivity contribution in [3.8, 4) is 0 Å². The smallest absolute Gasteiger partial charge is 0.408 e. The predicted octanol–water partition coefficient (Wildman–Crippen LogP) is 2.89.